The second-order valence-corrected chi connectivity index (χ2v) is 7.99. The highest BCUT2D eigenvalue weighted by Gasteiger charge is 2.32. The first-order chi connectivity index (χ1) is 11.5. The highest BCUT2D eigenvalue weighted by molar-refractivity contribution is 7.92. The van der Waals surface area contributed by atoms with Crippen LogP contribution in [0.25, 0.3) is 0 Å². The Bertz CT molecular complexity index is 756. The van der Waals surface area contributed by atoms with E-state index in [1.54, 1.807) is 0 Å². The number of carbonyl (C=O) groups is 1. The molecule has 148 valence electrons. The second kappa shape index (κ2) is 8.45. The molecule has 0 aromatic heterocycles. The van der Waals surface area contributed by atoms with Crippen molar-refractivity contribution < 1.29 is 26.4 Å². The zero-order valence-corrected chi connectivity index (χ0v) is 15.6. The molecule has 11 heteroatoms. The highest BCUT2D eigenvalue weighted by atomic mass is 35.5. The number of benzene rings is 1. The summed E-state index contributed by atoms with van der Waals surface area (Å²) in [7, 11) is -3.72. The van der Waals surface area contributed by atoms with E-state index in [0.29, 0.717) is 6.07 Å². The number of hydrogen-bond acceptors (Lipinski definition) is 4. The minimum atomic E-state index is -4.61. The van der Waals surface area contributed by atoms with Gasteiger partial charge in [0.25, 0.3) is 0 Å². The van der Waals surface area contributed by atoms with Gasteiger partial charge in [0, 0.05) is 12.5 Å². The van der Waals surface area contributed by atoms with Crippen molar-refractivity contribution in [3.05, 3.63) is 23.8 Å². The summed E-state index contributed by atoms with van der Waals surface area (Å²) in [4.78, 5) is 12.2. The summed E-state index contributed by atoms with van der Waals surface area (Å²) in [6.45, 7) is 0. The van der Waals surface area contributed by atoms with E-state index in [1.165, 1.54) is 0 Å². The molecule has 2 rings (SSSR count). The number of rotatable bonds is 5. The number of sulfonamides is 1. The number of alkyl halides is 3. The molecule has 6 nitrogen and oxygen atoms in total. The van der Waals surface area contributed by atoms with E-state index < -0.39 is 27.7 Å². The molecule has 2 atom stereocenters. The van der Waals surface area contributed by atoms with Gasteiger partial charge in [0.1, 0.15) is 0 Å². The van der Waals surface area contributed by atoms with E-state index in [1.807, 2.05) is 0 Å². The Morgan fingerprint density at radius 1 is 1.27 bits per heavy atom. The largest absolute Gasteiger partial charge is 0.416 e. The summed E-state index contributed by atoms with van der Waals surface area (Å²) in [5, 5.41) is 2.37. The number of amides is 1. The van der Waals surface area contributed by atoms with Gasteiger partial charge in [0.15, 0.2) is 0 Å². The van der Waals surface area contributed by atoms with E-state index >= 15 is 0 Å². The van der Waals surface area contributed by atoms with Gasteiger partial charge in [0.2, 0.25) is 15.9 Å². The summed E-state index contributed by atoms with van der Waals surface area (Å²) in [5.41, 5.74) is 4.54. The van der Waals surface area contributed by atoms with E-state index in [0.717, 1.165) is 37.7 Å². The maximum atomic E-state index is 12.9. The number of halogens is 4. The van der Waals surface area contributed by atoms with Crippen LogP contribution < -0.4 is 15.8 Å². The number of nitrogens with one attached hydrogen (secondary N) is 2. The Labute approximate surface area is 156 Å². The van der Waals surface area contributed by atoms with Gasteiger partial charge >= 0.3 is 6.18 Å². The average molecular weight is 416 g/mol. The molecule has 0 bridgehead atoms. The SMILES string of the molecule is CS(=O)(=O)Nc1ccc(C(F)(F)F)cc1NC(=O)C[C@@H]1CCC[C@H]1N.Cl. The van der Waals surface area contributed by atoms with Gasteiger partial charge in [-0.25, -0.2) is 8.42 Å². The Morgan fingerprint density at radius 3 is 2.42 bits per heavy atom. The van der Waals surface area contributed by atoms with Crippen LogP contribution in [-0.4, -0.2) is 26.6 Å². The van der Waals surface area contributed by atoms with Crippen molar-refractivity contribution in [1.82, 2.24) is 0 Å². The molecule has 1 aromatic rings. The molecule has 1 aliphatic carbocycles. The first kappa shape index (κ1) is 22.5. The van der Waals surface area contributed by atoms with E-state index in [4.69, 9.17) is 5.73 Å². The van der Waals surface area contributed by atoms with Gasteiger partial charge in [-0.3, -0.25) is 9.52 Å². The van der Waals surface area contributed by atoms with Crippen molar-refractivity contribution in [1.29, 1.82) is 0 Å². The van der Waals surface area contributed by atoms with Crippen LogP contribution in [0, 0.1) is 5.92 Å². The topological polar surface area (TPSA) is 101 Å². The zero-order valence-electron chi connectivity index (χ0n) is 14.0. The average Bonchev–Trinajstić information content (AvgIpc) is 2.83. The van der Waals surface area contributed by atoms with Crippen LogP contribution >= 0.6 is 12.4 Å². The lowest BCUT2D eigenvalue weighted by molar-refractivity contribution is -0.137. The lowest BCUT2D eigenvalue weighted by Crippen LogP contribution is -2.28. The second-order valence-electron chi connectivity index (χ2n) is 6.24. The monoisotopic (exact) mass is 415 g/mol. The molecule has 0 unspecified atom stereocenters. The fourth-order valence-corrected chi connectivity index (χ4v) is 3.45. The molecular weight excluding hydrogens is 395 g/mol. The minimum Gasteiger partial charge on any atom is -0.327 e. The van der Waals surface area contributed by atoms with Crippen LogP contribution in [0.4, 0.5) is 24.5 Å². The van der Waals surface area contributed by atoms with E-state index in [-0.39, 0.29) is 42.2 Å². The molecule has 1 aromatic carbocycles. The Hall–Kier alpha value is -1.52. The molecule has 1 saturated carbocycles. The fraction of sp³-hybridized carbons (Fsp3) is 0.533. The van der Waals surface area contributed by atoms with Crippen LogP contribution in [0.15, 0.2) is 18.2 Å². The normalized spacial score (nSPS) is 20.3. The summed E-state index contributed by atoms with van der Waals surface area (Å²) < 4.78 is 63.5. The van der Waals surface area contributed by atoms with Crippen LogP contribution in [0.5, 0.6) is 0 Å². The molecule has 0 aliphatic heterocycles. The predicted octanol–water partition coefficient (Wildman–Crippen LogP) is 2.95. The summed E-state index contributed by atoms with van der Waals surface area (Å²) in [6, 6.07) is 2.32. The van der Waals surface area contributed by atoms with Crippen molar-refractivity contribution >= 4 is 39.7 Å². The Morgan fingerprint density at radius 2 is 1.92 bits per heavy atom. The molecule has 0 radical (unpaired) electrons. The molecule has 0 spiro atoms. The van der Waals surface area contributed by atoms with Gasteiger partial charge < -0.3 is 11.1 Å². The summed E-state index contributed by atoms with van der Waals surface area (Å²) in [5.74, 6) is -0.532. The molecule has 1 fully saturated rings. The predicted molar refractivity (Wildman–Crippen MR) is 95.7 cm³/mol. The number of anilines is 2. The third kappa shape index (κ3) is 6.33. The molecular formula is C15H21ClF3N3O3S. The summed E-state index contributed by atoms with van der Waals surface area (Å²) in [6.07, 6.45) is -1.17. The lowest BCUT2D eigenvalue weighted by atomic mass is 10.00. The van der Waals surface area contributed by atoms with Gasteiger partial charge in [-0.1, -0.05) is 6.42 Å². The van der Waals surface area contributed by atoms with Crippen LogP contribution in [-0.2, 0) is 21.0 Å². The maximum Gasteiger partial charge on any atom is 0.416 e. The minimum absolute atomic E-state index is 0. The zero-order chi connectivity index (χ0) is 18.8. The maximum absolute atomic E-state index is 12.9. The number of hydrogen-bond donors (Lipinski definition) is 3. The molecule has 0 heterocycles. The smallest absolute Gasteiger partial charge is 0.327 e. The van der Waals surface area contributed by atoms with E-state index in [2.05, 4.69) is 10.0 Å². The van der Waals surface area contributed by atoms with Gasteiger partial charge in [-0.15, -0.1) is 12.4 Å². The first-order valence-corrected chi connectivity index (χ1v) is 9.59. The third-order valence-electron chi connectivity index (χ3n) is 4.08. The molecule has 26 heavy (non-hydrogen) atoms. The van der Waals surface area contributed by atoms with Crippen LogP contribution in [0.3, 0.4) is 0 Å². The van der Waals surface area contributed by atoms with Crippen LogP contribution in [0.2, 0.25) is 0 Å². The Balaban J connectivity index is 0.00000338. The molecule has 4 N–H and O–H groups in total. The standard InChI is InChI=1S/C15H20F3N3O3S.ClH/c1-25(23,24)21-12-6-5-10(15(16,17)18)8-13(12)20-14(22)7-9-3-2-4-11(9)19;/h5-6,8-9,11,21H,2-4,7,19H2,1H3,(H,20,22);1H/t9-,11+;/m0./s1. The summed E-state index contributed by atoms with van der Waals surface area (Å²) >= 11 is 0. The highest BCUT2D eigenvalue weighted by Crippen LogP contribution is 2.35. The van der Waals surface area contributed by atoms with Gasteiger partial charge in [0.05, 0.1) is 23.2 Å². The Kier molecular flexibility index (Phi) is 7.32. The van der Waals surface area contributed by atoms with Crippen molar-refractivity contribution in [2.24, 2.45) is 11.7 Å². The van der Waals surface area contributed by atoms with Crippen molar-refractivity contribution in [2.75, 3.05) is 16.3 Å². The van der Waals surface area contributed by atoms with Gasteiger partial charge in [-0.05, 0) is 37.0 Å². The quantitative estimate of drug-likeness (QED) is 0.688. The first-order valence-electron chi connectivity index (χ1n) is 7.70. The van der Waals surface area contributed by atoms with Gasteiger partial charge in [-0.2, -0.15) is 13.2 Å². The van der Waals surface area contributed by atoms with Crippen molar-refractivity contribution in [3.8, 4) is 0 Å². The molecule has 1 amide bonds. The number of nitrogens with two attached hydrogens (primary N) is 1. The number of carbonyl (C=O) groups excluding carboxylic acids is 1. The third-order valence-corrected chi connectivity index (χ3v) is 4.67. The fourth-order valence-electron chi connectivity index (χ4n) is 2.87. The molecule has 1 aliphatic rings. The van der Waals surface area contributed by atoms with Crippen molar-refractivity contribution in [2.45, 2.75) is 37.9 Å². The lowest BCUT2D eigenvalue weighted by Gasteiger charge is -2.18. The van der Waals surface area contributed by atoms with Crippen LogP contribution in [0.1, 0.15) is 31.2 Å². The molecule has 0 saturated heterocycles. The van der Waals surface area contributed by atoms with E-state index in [9.17, 15) is 26.4 Å². The van der Waals surface area contributed by atoms with Crippen molar-refractivity contribution in [3.63, 3.8) is 0 Å².